The van der Waals surface area contributed by atoms with E-state index in [1.807, 2.05) is 6.07 Å². The third-order valence-corrected chi connectivity index (χ3v) is 4.97. The average molecular weight is 363 g/mol. The molecule has 1 aromatic carbocycles. The van der Waals surface area contributed by atoms with Gasteiger partial charge in [0.1, 0.15) is 5.82 Å². The van der Waals surface area contributed by atoms with Gasteiger partial charge in [0.2, 0.25) is 0 Å². The van der Waals surface area contributed by atoms with Crippen molar-refractivity contribution in [2.24, 2.45) is 0 Å². The summed E-state index contributed by atoms with van der Waals surface area (Å²) >= 11 is 0. The molecule has 1 saturated carbocycles. The molecule has 1 aliphatic carbocycles. The summed E-state index contributed by atoms with van der Waals surface area (Å²) in [4.78, 5) is 32.5. The van der Waals surface area contributed by atoms with Crippen molar-refractivity contribution in [3.05, 3.63) is 86.7 Å². The van der Waals surface area contributed by atoms with Crippen LogP contribution in [0.15, 0.2) is 58.5 Å². The van der Waals surface area contributed by atoms with Gasteiger partial charge in [-0.25, -0.2) is 18.7 Å². The van der Waals surface area contributed by atoms with Gasteiger partial charge in [-0.3, -0.25) is 9.78 Å². The molecule has 0 unspecified atom stereocenters. The van der Waals surface area contributed by atoms with Gasteiger partial charge < -0.3 is 4.98 Å². The molecule has 134 valence electrons. The van der Waals surface area contributed by atoms with Gasteiger partial charge in [-0.2, -0.15) is 5.10 Å². The Hall–Kier alpha value is -3.55. The second-order valence-corrected chi connectivity index (χ2v) is 6.67. The van der Waals surface area contributed by atoms with Crippen LogP contribution < -0.4 is 11.2 Å². The Kier molecular flexibility index (Phi) is 3.33. The summed E-state index contributed by atoms with van der Waals surface area (Å²) in [6, 6.07) is 8.38. The normalized spacial score (nSPS) is 18.7. The van der Waals surface area contributed by atoms with Crippen LogP contribution in [0, 0.1) is 5.82 Å². The minimum atomic E-state index is -0.564. The highest BCUT2D eigenvalue weighted by Gasteiger charge is 2.41. The van der Waals surface area contributed by atoms with E-state index in [-0.39, 0.29) is 23.2 Å². The molecule has 27 heavy (non-hydrogen) atoms. The first-order valence-electron chi connectivity index (χ1n) is 8.52. The van der Waals surface area contributed by atoms with Crippen LogP contribution in [-0.4, -0.2) is 24.6 Å². The SMILES string of the molecule is O=c1[nH]cc(-c2cc([C@H]3C[C@@H]3c3ccc(F)cc3)c3nccn3n2)c(=O)[nH]1. The van der Waals surface area contributed by atoms with E-state index < -0.39 is 11.2 Å². The molecule has 1 fully saturated rings. The van der Waals surface area contributed by atoms with Gasteiger partial charge in [-0.1, -0.05) is 12.1 Å². The third kappa shape index (κ3) is 2.66. The number of benzene rings is 1. The summed E-state index contributed by atoms with van der Waals surface area (Å²) in [5.41, 5.74) is 2.46. The van der Waals surface area contributed by atoms with Crippen molar-refractivity contribution in [3.63, 3.8) is 0 Å². The Morgan fingerprint density at radius 2 is 1.96 bits per heavy atom. The number of nitrogens with one attached hydrogen (secondary N) is 2. The highest BCUT2D eigenvalue weighted by molar-refractivity contribution is 5.63. The molecule has 0 aliphatic heterocycles. The summed E-state index contributed by atoms with van der Waals surface area (Å²) in [5, 5.41) is 4.44. The topological polar surface area (TPSA) is 95.9 Å². The Balaban J connectivity index is 1.60. The molecule has 2 N–H and O–H groups in total. The number of nitrogens with zero attached hydrogens (tertiary/aromatic N) is 3. The monoisotopic (exact) mass is 363 g/mol. The number of hydrogen-bond donors (Lipinski definition) is 2. The standard InChI is InChI=1S/C19H14FN5O2/c20-11-3-1-10(2-4-11)12-7-13(12)14-8-16(24-25-6-5-21-17(14)25)15-9-22-19(27)23-18(15)26/h1-6,8-9,12-13H,7H2,(H2,22,23,26,27)/t12-,13+/m1/s1. The number of H-pyrrole nitrogens is 2. The zero-order chi connectivity index (χ0) is 18.5. The highest BCUT2D eigenvalue weighted by Crippen LogP contribution is 2.55. The molecule has 0 amide bonds. The van der Waals surface area contributed by atoms with Crippen LogP contribution in [0.1, 0.15) is 29.4 Å². The van der Waals surface area contributed by atoms with E-state index in [0.717, 1.165) is 23.2 Å². The lowest BCUT2D eigenvalue weighted by Gasteiger charge is -2.07. The summed E-state index contributed by atoms with van der Waals surface area (Å²) in [5.74, 6) is 0.231. The highest BCUT2D eigenvalue weighted by atomic mass is 19.1. The Bertz CT molecular complexity index is 1270. The van der Waals surface area contributed by atoms with E-state index >= 15 is 0 Å². The van der Waals surface area contributed by atoms with E-state index in [4.69, 9.17) is 0 Å². The molecule has 5 rings (SSSR count). The number of imidazole rings is 1. The summed E-state index contributed by atoms with van der Waals surface area (Å²) in [7, 11) is 0. The quantitative estimate of drug-likeness (QED) is 0.583. The van der Waals surface area contributed by atoms with Crippen LogP contribution in [0.4, 0.5) is 4.39 Å². The zero-order valence-electron chi connectivity index (χ0n) is 14.0. The molecule has 0 spiro atoms. The van der Waals surface area contributed by atoms with Crippen LogP contribution in [-0.2, 0) is 0 Å². The van der Waals surface area contributed by atoms with E-state index in [1.54, 1.807) is 29.0 Å². The fourth-order valence-electron chi connectivity index (χ4n) is 3.56. The first-order valence-corrected chi connectivity index (χ1v) is 8.52. The van der Waals surface area contributed by atoms with Crippen molar-refractivity contribution >= 4 is 5.65 Å². The van der Waals surface area contributed by atoms with Crippen molar-refractivity contribution in [2.75, 3.05) is 0 Å². The molecular weight excluding hydrogens is 349 g/mol. The minimum absolute atomic E-state index is 0.212. The summed E-state index contributed by atoms with van der Waals surface area (Å²) in [6.07, 6.45) is 5.65. The van der Waals surface area contributed by atoms with Gasteiger partial charge >= 0.3 is 5.69 Å². The maximum atomic E-state index is 13.2. The molecule has 0 bridgehead atoms. The molecule has 0 radical (unpaired) electrons. The molecule has 8 heteroatoms. The predicted molar refractivity (Wildman–Crippen MR) is 96.2 cm³/mol. The summed E-state index contributed by atoms with van der Waals surface area (Å²) < 4.78 is 14.8. The van der Waals surface area contributed by atoms with Crippen molar-refractivity contribution in [1.82, 2.24) is 24.6 Å². The minimum Gasteiger partial charge on any atom is -0.313 e. The molecule has 7 nitrogen and oxygen atoms in total. The van der Waals surface area contributed by atoms with Crippen molar-refractivity contribution in [2.45, 2.75) is 18.3 Å². The number of aromatic amines is 2. The van der Waals surface area contributed by atoms with Gasteiger partial charge in [0, 0.05) is 24.2 Å². The van der Waals surface area contributed by atoms with Gasteiger partial charge in [0.15, 0.2) is 5.65 Å². The first-order chi connectivity index (χ1) is 13.1. The molecule has 2 atom stereocenters. The molecule has 3 heterocycles. The maximum absolute atomic E-state index is 13.2. The van der Waals surface area contributed by atoms with Crippen molar-refractivity contribution in [3.8, 4) is 11.3 Å². The fraction of sp³-hybridized carbons (Fsp3) is 0.158. The van der Waals surface area contributed by atoms with Crippen LogP contribution in [0.25, 0.3) is 16.9 Å². The second-order valence-electron chi connectivity index (χ2n) is 6.67. The Morgan fingerprint density at radius 1 is 1.15 bits per heavy atom. The van der Waals surface area contributed by atoms with Gasteiger partial charge in [-0.15, -0.1) is 0 Å². The van der Waals surface area contributed by atoms with Crippen LogP contribution in [0.2, 0.25) is 0 Å². The van der Waals surface area contributed by atoms with Crippen LogP contribution >= 0.6 is 0 Å². The number of hydrogen-bond acceptors (Lipinski definition) is 4. The van der Waals surface area contributed by atoms with Gasteiger partial charge in [0.25, 0.3) is 5.56 Å². The lowest BCUT2D eigenvalue weighted by atomic mass is 10.0. The van der Waals surface area contributed by atoms with E-state index in [1.165, 1.54) is 18.3 Å². The number of fused-ring (bicyclic) bond motifs is 1. The van der Waals surface area contributed by atoms with Crippen molar-refractivity contribution in [1.29, 1.82) is 0 Å². The molecule has 0 saturated heterocycles. The lowest BCUT2D eigenvalue weighted by molar-refractivity contribution is 0.627. The fourth-order valence-corrected chi connectivity index (χ4v) is 3.56. The van der Waals surface area contributed by atoms with Crippen molar-refractivity contribution < 1.29 is 4.39 Å². The second kappa shape index (κ2) is 5.73. The lowest BCUT2D eigenvalue weighted by Crippen LogP contribution is -2.23. The Morgan fingerprint density at radius 3 is 2.74 bits per heavy atom. The largest absolute Gasteiger partial charge is 0.325 e. The molecular formula is C19H14FN5O2. The maximum Gasteiger partial charge on any atom is 0.325 e. The van der Waals surface area contributed by atoms with Gasteiger partial charge in [-0.05, 0) is 42.0 Å². The molecule has 4 aromatic rings. The van der Waals surface area contributed by atoms with E-state index in [0.29, 0.717) is 5.69 Å². The zero-order valence-corrected chi connectivity index (χ0v) is 14.0. The first kappa shape index (κ1) is 15.7. The number of rotatable bonds is 3. The molecule has 3 aromatic heterocycles. The van der Waals surface area contributed by atoms with Crippen LogP contribution in [0.5, 0.6) is 0 Å². The Labute approximate surface area is 151 Å². The van der Waals surface area contributed by atoms with Gasteiger partial charge in [0.05, 0.1) is 11.3 Å². The smallest absolute Gasteiger partial charge is 0.313 e. The van der Waals surface area contributed by atoms with E-state index in [2.05, 4.69) is 20.1 Å². The number of aromatic nitrogens is 5. The third-order valence-electron chi connectivity index (χ3n) is 4.97. The average Bonchev–Trinajstić information content (AvgIpc) is 3.30. The number of halogens is 1. The predicted octanol–water partition coefficient (Wildman–Crippen LogP) is 2.18. The summed E-state index contributed by atoms with van der Waals surface area (Å²) in [6.45, 7) is 0. The van der Waals surface area contributed by atoms with Crippen LogP contribution in [0.3, 0.4) is 0 Å². The molecule has 1 aliphatic rings. The van der Waals surface area contributed by atoms with E-state index in [9.17, 15) is 14.0 Å².